The van der Waals surface area contributed by atoms with Gasteiger partial charge in [0.1, 0.15) is 5.82 Å². The summed E-state index contributed by atoms with van der Waals surface area (Å²) in [7, 11) is 0. The summed E-state index contributed by atoms with van der Waals surface area (Å²) in [6.07, 6.45) is 2.62. The molecule has 0 atom stereocenters. The number of amides is 2. The third-order valence-electron chi connectivity index (χ3n) is 6.34. The lowest BCUT2D eigenvalue weighted by Crippen LogP contribution is -2.33. The monoisotopic (exact) mass is 522 g/mol. The summed E-state index contributed by atoms with van der Waals surface area (Å²) in [5.41, 5.74) is 5.48. The molecule has 1 N–H and O–H groups in total. The average molecular weight is 523 g/mol. The number of para-hydroxylation sites is 1. The van der Waals surface area contributed by atoms with Gasteiger partial charge in [-0.25, -0.2) is 4.39 Å². The number of anilines is 1. The van der Waals surface area contributed by atoms with E-state index in [0.717, 1.165) is 28.1 Å². The van der Waals surface area contributed by atoms with E-state index in [1.54, 1.807) is 29.2 Å². The first kappa shape index (κ1) is 25.5. The summed E-state index contributed by atoms with van der Waals surface area (Å²) in [4.78, 5) is 29.4. The molecule has 6 heteroatoms. The minimum absolute atomic E-state index is 0.115. The third kappa shape index (κ3) is 6.03. The fourth-order valence-corrected chi connectivity index (χ4v) is 5.42. The molecular weight excluding hydrogens is 495 g/mol. The quantitative estimate of drug-likeness (QED) is 0.272. The van der Waals surface area contributed by atoms with Crippen LogP contribution in [0, 0.1) is 12.7 Å². The van der Waals surface area contributed by atoms with Crippen molar-refractivity contribution in [3.8, 4) is 0 Å². The lowest BCUT2D eigenvalue weighted by Gasteiger charge is -2.30. The molecule has 190 valence electrons. The van der Waals surface area contributed by atoms with Gasteiger partial charge in [0, 0.05) is 17.0 Å². The van der Waals surface area contributed by atoms with Gasteiger partial charge in [-0.05, 0) is 72.5 Å². The van der Waals surface area contributed by atoms with E-state index < -0.39 is 0 Å². The highest BCUT2D eigenvalue weighted by Gasteiger charge is 2.29. The number of thioether (sulfide) groups is 1. The van der Waals surface area contributed by atoms with Gasteiger partial charge in [-0.15, -0.1) is 0 Å². The predicted octanol–water partition coefficient (Wildman–Crippen LogP) is 6.79. The minimum Gasteiger partial charge on any atom is -0.352 e. The van der Waals surface area contributed by atoms with Crippen LogP contribution in [-0.2, 0) is 17.8 Å². The van der Waals surface area contributed by atoms with Crippen LogP contribution in [0.15, 0.2) is 107 Å². The maximum atomic E-state index is 13.5. The Morgan fingerprint density at radius 3 is 2.45 bits per heavy atom. The largest absolute Gasteiger partial charge is 0.352 e. The SMILES string of the molecule is Cc1cccc(CCNC(=O)c2ccc(/C=C3\Sc4ccccc4N(Cc4ccc(F)cc4)C3=O)cc2)c1. The summed E-state index contributed by atoms with van der Waals surface area (Å²) < 4.78 is 13.4. The van der Waals surface area contributed by atoms with Gasteiger partial charge in [0.05, 0.1) is 17.1 Å². The number of aryl methyl sites for hydroxylation is 1. The Balaban J connectivity index is 1.28. The molecule has 0 aromatic heterocycles. The third-order valence-corrected chi connectivity index (χ3v) is 7.42. The highest BCUT2D eigenvalue weighted by atomic mass is 32.2. The molecule has 4 aromatic carbocycles. The van der Waals surface area contributed by atoms with Gasteiger partial charge in [0.25, 0.3) is 11.8 Å². The van der Waals surface area contributed by atoms with Crippen molar-refractivity contribution in [2.24, 2.45) is 0 Å². The second-order valence-corrected chi connectivity index (χ2v) is 10.3. The highest BCUT2D eigenvalue weighted by Crippen LogP contribution is 2.42. The molecule has 0 saturated heterocycles. The molecule has 0 spiro atoms. The Morgan fingerprint density at radius 1 is 0.921 bits per heavy atom. The van der Waals surface area contributed by atoms with Crippen LogP contribution >= 0.6 is 11.8 Å². The van der Waals surface area contributed by atoms with Crippen molar-refractivity contribution in [3.63, 3.8) is 0 Å². The Labute approximate surface area is 226 Å². The van der Waals surface area contributed by atoms with Gasteiger partial charge in [0.2, 0.25) is 0 Å². The number of benzene rings is 4. The average Bonchev–Trinajstić information content (AvgIpc) is 2.92. The van der Waals surface area contributed by atoms with Crippen LogP contribution < -0.4 is 10.2 Å². The molecule has 0 unspecified atom stereocenters. The molecule has 2 amide bonds. The molecule has 0 radical (unpaired) electrons. The molecule has 1 heterocycles. The second-order valence-electron chi connectivity index (χ2n) is 9.21. The van der Waals surface area contributed by atoms with Crippen molar-refractivity contribution < 1.29 is 14.0 Å². The van der Waals surface area contributed by atoms with Crippen LogP contribution in [0.2, 0.25) is 0 Å². The van der Waals surface area contributed by atoms with Gasteiger partial charge in [-0.3, -0.25) is 9.59 Å². The van der Waals surface area contributed by atoms with Crippen LogP contribution in [0.5, 0.6) is 0 Å². The van der Waals surface area contributed by atoms with Crippen molar-refractivity contribution >= 4 is 35.3 Å². The minimum atomic E-state index is -0.307. The zero-order valence-corrected chi connectivity index (χ0v) is 21.8. The maximum absolute atomic E-state index is 13.5. The van der Waals surface area contributed by atoms with E-state index in [4.69, 9.17) is 0 Å². The topological polar surface area (TPSA) is 49.4 Å². The molecule has 0 saturated carbocycles. The van der Waals surface area contributed by atoms with Crippen LogP contribution in [0.3, 0.4) is 0 Å². The zero-order valence-electron chi connectivity index (χ0n) is 21.0. The number of rotatable bonds is 7. The van der Waals surface area contributed by atoms with E-state index >= 15 is 0 Å². The van der Waals surface area contributed by atoms with Crippen molar-refractivity contribution in [1.82, 2.24) is 5.32 Å². The van der Waals surface area contributed by atoms with Gasteiger partial charge >= 0.3 is 0 Å². The van der Waals surface area contributed by atoms with E-state index in [-0.39, 0.29) is 17.6 Å². The van der Waals surface area contributed by atoms with Crippen molar-refractivity contribution in [1.29, 1.82) is 0 Å². The fraction of sp³-hybridized carbons (Fsp3) is 0.125. The number of halogens is 1. The molecule has 1 aliphatic rings. The first-order valence-corrected chi connectivity index (χ1v) is 13.3. The number of nitrogens with zero attached hydrogens (tertiary/aromatic N) is 1. The smallest absolute Gasteiger partial charge is 0.265 e. The van der Waals surface area contributed by atoms with E-state index in [1.165, 1.54) is 35.0 Å². The number of fused-ring (bicyclic) bond motifs is 1. The number of carbonyl (C=O) groups excluding carboxylic acids is 2. The molecule has 0 bridgehead atoms. The van der Waals surface area contributed by atoms with Crippen LogP contribution in [0.25, 0.3) is 6.08 Å². The maximum Gasteiger partial charge on any atom is 0.265 e. The fourth-order valence-electron chi connectivity index (χ4n) is 4.36. The predicted molar refractivity (Wildman–Crippen MR) is 152 cm³/mol. The highest BCUT2D eigenvalue weighted by molar-refractivity contribution is 8.04. The van der Waals surface area contributed by atoms with E-state index in [2.05, 4.69) is 30.4 Å². The van der Waals surface area contributed by atoms with Gasteiger partial charge < -0.3 is 10.2 Å². The molecule has 0 aliphatic carbocycles. The summed E-state index contributed by atoms with van der Waals surface area (Å²) in [6.45, 7) is 2.96. The standard InChI is InChI=1S/C32H27FN2O2S/c1-22-5-4-6-23(19-22)17-18-34-31(36)26-13-9-24(10-14-26)20-30-32(37)35(21-25-11-15-27(33)16-12-25)28-7-2-3-8-29(28)38-30/h2-16,19-20H,17-18,21H2,1H3,(H,34,36)/b30-20-. The zero-order chi connectivity index (χ0) is 26.5. The van der Waals surface area contributed by atoms with Gasteiger partial charge in [-0.2, -0.15) is 0 Å². The number of hydrogen-bond donors (Lipinski definition) is 1. The first-order chi connectivity index (χ1) is 18.5. The van der Waals surface area contributed by atoms with E-state index in [0.29, 0.717) is 23.6 Å². The Morgan fingerprint density at radius 2 is 1.68 bits per heavy atom. The van der Waals surface area contributed by atoms with E-state index in [1.807, 2.05) is 48.5 Å². The lowest BCUT2D eigenvalue weighted by atomic mass is 10.1. The Hall–Kier alpha value is -4.16. The normalized spacial score (nSPS) is 13.9. The van der Waals surface area contributed by atoms with Gasteiger partial charge in [0.15, 0.2) is 0 Å². The first-order valence-electron chi connectivity index (χ1n) is 12.4. The lowest BCUT2D eigenvalue weighted by molar-refractivity contribution is -0.114. The van der Waals surface area contributed by atoms with Gasteiger partial charge in [-0.1, -0.05) is 78.0 Å². The van der Waals surface area contributed by atoms with Crippen molar-refractivity contribution in [3.05, 3.63) is 136 Å². The number of hydrogen-bond acceptors (Lipinski definition) is 3. The second kappa shape index (κ2) is 11.5. The van der Waals surface area contributed by atoms with Crippen LogP contribution in [0.1, 0.15) is 32.6 Å². The number of carbonyl (C=O) groups is 2. The molecule has 4 nitrogen and oxygen atoms in total. The summed E-state index contributed by atoms with van der Waals surface area (Å²) in [5.74, 6) is -0.547. The molecule has 38 heavy (non-hydrogen) atoms. The molecule has 0 fully saturated rings. The number of nitrogens with one attached hydrogen (secondary N) is 1. The molecular formula is C32H27FN2O2S. The van der Waals surface area contributed by atoms with E-state index in [9.17, 15) is 14.0 Å². The Kier molecular flexibility index (Phi) is 7.70. The van der Waals surface area contributed by atoms with Crippen LogP contribution in [-0.4, -0.2) is 18.4 Å². The van der Waals surface area contributed by atoms with Crippen LogP contribution in [0.4, 0.5) is 10.1 Å². The van der Waals surface area contributed by atoms with Crippen molar-refractivity contribution in [2.75, 3.05) is 11.4 Å². The molecule has 4 aromatic rings. The molecule has 5 rings (SSSR count). The summed E-state index contributed by atoms with van der Waals surface area (Å²) in [6, 6.07) is 29.5. The summed E-state index contributed by atoms with van der Waals surface area (Å²) in [5, 5.41) is 2.98. The Bertz CT molecular complexity index is 1500. The van der Waals surface area contributed by atoms with Crippen molar-refractivity contribution in [2.45, 2.75) is 24.8 Å². The summed E-state index contributed by atoms with van der Waals surface area (Å²) >= 11 is 1.43. The molecule has 1 aliphatic heterocycles.